The third kappa shape index (κ3) is 6.87. The van der Waals surface area contributed by atoms with Gasteiger partial charge in [-0.2, -0.15) is 4.68 Å². The average molecular weight is 732 g/mol. The van der Waals surface area contributed by atoms with Gasteiger partial charge in [0.05, 0.1) is 31.3 Å². The first-order chi connectivity index (χ1) is 24.8. The van der Waals surface area contributed by atoms with Crippen molar-refractivity contribution in [3.63, 3.8) is 0 Å². The van der Waals surface area contributed by atoms with Crippen LogP contribution >= 0.6 is 0 Å². The van der Waals surface area contributed by atoms with Crippen molar-refractivity contribution < 1.29 is 27.5 Å². The fourth-order valence-corrected chi connectivity index (χ4v) is 8.14. The van der Waals surface area contributed by atoms with Crippen molar-refractivity contribution in [3.8, 4) is 11.4 Å². The van der Waals surface area contributed by atoms with Gasteiger partial charge < -0.3 is 19.7 Å². The molecule has 4 heterocycles. The molecule has 2 aliphatic heterocycles. The number of esters is 1. The molecule has 6 rings (SSSR count). The monoisotopic (exact) mass is 731 g/mol. The molecule has 52 heavy (non-hydrogen) atoms. The van der Waals surface area contributed by atoms with Crippen LogP contribution < -0.4 is 19.8 Å². The molecule has 2 fully saturated rings. The first-order valence-corrected chi connectivity index (χ1v) is 19.4. The molecule has 3 unspecified atom stereocenters. The maximum atomic E-state index is 14.4. The van der Waals surface area contributed by atoms with E-state index in [4.69, 9.17) is 26.1 Å². The van der Waals surface area contributed by atoms with Gasteiger partial charge in [0.15, 0.2) is 11.6 Å². The largest absolute Gasteiger partial charge is 0.459 e. The zero-order valence-electron chi connectivity index (χ0n) is 30.3. The molecular formula is C36H45N9O6S. The summed E-state index contributed by atoms with van der Waals surface area (Å²) >= 11 is 0. The number of hydrogen-bond donors (Lipinski definition) is 2. The van der Waals surface area contributed by atoms with Crippen LogP contribution in [0.25, 0.3) is 21.8 Å². The van der Waals surface area contributed by atoms with Crippen LogP contribution in [-0.2, 0) is 30.1 Å². The lowest BCUT2D eigenvalue weighted by Gasteiger charge is -2.38. The highest BCUT2D eigenvalue weighted by Crippen LogP contribution is 2.48. The number of aryl methyl sites for hydroxylation is 1. The minimum atomic E-state index is -3.36. The number of fused-ring (bicyclic) bond motifs is 2. The van der Waals surface area contributed by atoms with Crippen LogP contribution in [0.4, 0.5) is 16.3 Å². The molecular weight excluding hydrogens is 687 g/mol. The number of pyridine rings is 1. The molecule has 0 bridgehead atoms. The number of nitrogens with zero attached hydrogens (tertiary/aromatic N) is 7. The number of aromatic nitrogens is 4. The van der Waals surface area contributed by atoms with E-state index in [-0.39, 0.29) is 66.4 Å². The lowest BCUT2D eigenvalue weighted by atomic mass is 9.75. The maximum Gasteiger partial charge on any atom is 0.331 e. The second kappa shape index (κ2) is 14.6. The number of nitrogens with one attached hydrogen (secondary N) is 2. The van der Waals surface area contributed by atoms with E-state index in [2.05, 4.69) is 40.6 Å². The Morgan fingerprint density at radius 3 is 2.56 bits per heavy atom. The SMILES string of the molecule is [C-]#[N+]C1=C(C(=O)OC2C(C)CC(C)CC2C)c2nc(-c3ccccc3C)nn2C12OCCNC(=O)N2c1ccc(N(CC)CCNS(C)(=O)=O)cn1. The van der Waals surface area contributed by atoms with E-state index in [0.29, 0.717) is 30.3 Å². The van der Waals surface area contributed by atoms with E-state index in [9.17, 15) is 18.0 Å². The number of amides is 2. The molecule has 1 saturated carbocycles. The number of hydrogen-bond acceptors (Lipinski definition) is 10. The first kappa shape index (κ1) is 36.9. The zero-order valence-corrected chi connectivity index (χ0v) is 31.1. The summed E-state index contributed by atoms with van der Waals surface area (Å²) < 4.78 is 39.8. The molecule has 2 N–H and O–H groups in total. The second-order valence-corrected chi connectivity index (χ2v) is 15.7. The van der Waals surface area contributed by atoms with Gasteiger partial charge in [-0.15, -0.1) is 5.10 Å². The molecule has 2 aromatic heterocycles. The molecule has 1 spiro atoms. The quantitative estimate of drug-likeness (QED) is 0.229. The predicted octanol–water partition coefficient (Wildman–Crippen LogP) is 4.14. The van der Waals surface area contributed by atoms with Crippen LogP contribution in [0.15, 0.2) is 48.3 Å². The van der Waals surface area contributed by atoms with E-state index in [1.54, 1.807) is 18.3 Å². The van der Waals surface area contributed by atoms with Crippen molar-refractivity contribution in [3.05, 3.63) is 71.1 Å². The Morgan fingerprint density at radius 2 is 1.92 bits per heavy atom. The standard InChI is InChI=1S/C36H45N9O6S/c1-8-43(17-15-40-52(7,48)49)26-13-14-28(39-21-26)44-35(47)38-16-18-50-36(44)31(37-6)29(34(46)51-30-24(4)19-22(2)20-25(30)5)33-41-32(42-45(33)36)27-12-10-9-11-23(27)3/h9-14,21-22,24-25,30,40H,8,15-20H2,1-5,7H3,(H,38,47). The Bertz CT molecular complexity index is 2010. The van der Waals surface area contributed by atoms with Crippen LogP contribution in [0.1, 0.15) is 51.9 Å². The number of carbonyl (C=O) groups is 2. The predicted molar refractivity (Wildman–Crippen MR) is 195 cm³/mol. The van der Waals surface area contributed by atoms with Gasteiger partial charge in [0.2, 0.25) is 10.0 Å². The van der Waals surface area contributed by atoms with Gasteiger partial charge in [-0.1, -0.05) is 45.0 Å². The summed E-state index contributed by atoms with van der Waals surface area (Å²) in [6.07, 6.45) is 4.08. The molecule has 2 amide bonds. The Balaban J connectivity index is 1.48. The van der Waals surface area contributed by atoms with Gasteiger partial charge in [0.1, 0.15) is 17.5 Å². The molecule has 15 nitrogen and oxygen atoms in total. The van der Waals surface area contributed by atoms with Crippen LogP contribution in [0, 0.1) is 31.2 Å². The summed E-state index contributed by atoms with van der Waals surface area (Å²) in [6.45, 7) is 19.9. The minimum Gasteiger partial charge on any atom is -0.459 e. The van der Waals surface area contributed by atoms with E-state index in [1.807, 2.05) is 43.0 Å². The van der Waals surface area contributed by atoms with Crippen LogP contribution in [0.2, 0.25) is 0 Å². The third-order valence-corrected chi connectivity index (χ3v) is 10.6. The molecule has 1 saturated heterocycles. The van der Waals surface area contributed by atoms with Crippen molar-refractivity contribution in [1.82, 2.24) is 29.8 Å². The topological polar surface area (TPSA) is 165 Å². The summed E-state index contributed by atoms with van der Waals surface area (Å²) in [5.74, 6) is -1.67. The molecule has 3 aliphatic rings. The molecule has 3 atom stereocenters. The summed E-state index contributed by atoms with van der Waals surface area (Å²) in [4.78, 5) is 45.0. The Morgan fingerprint density at radius 1 is 1.19 bits per heavy atom. The van der Waals surface area contributed by atoms with Crippen molar-refractivity contribution in [2.75, 3.05) is 48.8 Å². The molecule has 276 valence electrons. The zero-order chi connectivity index (χ0) is 37.4. The van der Waals surface area contributed by atoms with Crippen LogP contribution in [0.3, 0.4) is 0 Å². The van der Waals surface area contributed by atoms with Crippen molar-refractivity contribution >= 4 is 39.1 Å². The summed E-state index contributed by atoms with van der Waals surface area (Å²) in [7, 11) is -3.36. The van der Waals surface area contributed by atoms with E-state index < -0.39 is 27.9 Å². The number of likely N-dealkylation sites (N-methyl/N-ethyl adjacent to an activating group) is 1. The highest BCUT2D eigenvalue weighted by Gasteiger charge is 2.60. The van der Waals surface area contributed by atoms with Crippen molar-refractivity contribution in [1.29, 1.82) is 0 Å². The van der Waals surface area contributed by atoms with Gasteiger partial charge in [-0.25, -0.2) is 42.4 Å². The number of sulfonamides is 1. The van der Waals surface area contributed by atoms with E-state index in [0.717, 1.165) is 24.7 Å². The van der Waals surface area contributed by atoms with Crippen LogP contribution in [-0.4, -0.2) is 85.3 Å². The first-order valence-electron chi connectivity index (χ1n) is 17.5. The third-order valence-electron chi connectivity index (χ3n) is 9.92. The minimum absolute atomic E-state index is 0.0216. The normalized spacial score (nSPS) is 24.6. The van der Waals surface area contributed by atoms with E-state index in [1.165, 1.54) is 9.58 Å². The van der Waals surface area contributed by atoms with Crippen molar-refractivity contribution in [2.45, 2.75) is 59.4 Å². The summed E-state index contributed by atoms with van der Waals surface area (Å²) in [6, 6.07) is 10.3. The number of anilines is 2. The lowest BCUT2D eigenvalue weighted by molar-refractivity contribution is -0.150. The molecule has 16 heteroatoms. The van der Waals surface area contributed by atoms with Gasteiger partial charge in [0.25, 0.3) is 11.5 Å². The fourth-order valence-electron chi connectivity index (χ4n) is 7.67. The van der Waals surface area contributed by atoms with Gasteiger partial charge in [-0.3, -0.25) is 0 Å². The molecule has 1 aliphatic carbocycles. The number of ether oxygens (including phenoxy) is 2. The van der Waals surface area contributed by atoms with Gasteiger partial charge >= 0.3 is 12.0 Å². The number of rotatable bonds is 10. The van der Waals surface area contributed by atoms with Crippen molar-refractivity contribution in [2.24, 2.45) is 17.8 Å². The summed E-state index contributed by atoms with van der Waals surface area (Å²) in [5, 5.41) is 7.68. The number of benzene rings is 1. The average Bonchev–Trinajstić information content (AvgIpc) is 3.57. The highest BCUT2D eigenvalue weighted by atomic mass is 32.2. The lowest BCUT2D eigenvalue weighted by Crippen LogP contribution is -2.56. The number of urea groups is 1. The van der Waals surface area contributed by atoms with Gasteiger partial charge in [0, 0.05) is 31.7 Å². The van der Waals surface area contributed by atoms with Crippen LogP contribution in [0.5, 0.6) is 0 Å². The molecule has 0 radical (unpaired) electrons. The highest BCUT2D eigenvalue weighted by molar-refractivity contribution is 7.88. The van der Waals surface area contributed by atoms with Gasteiger partial charge in [-0.05, 0) is 62.1 Å². The molecule has 3 aromatic rings. The molecule has 1 aromatic carbocycles. The Hall–Kier alpha value is -4.85. The Kier molecular flexibility index (Phi) is 10.4. The fraction of sp³-hybridized carbons (Fsp3) is 0.500. The van der Waals surface area contributed by atoms with E-state index >= 15 is 0 Å². The smallest absolute Gasteiger partial charge is 0.331 e. The Labute approximate surface area is 304 Å². The number of carbonyl (C=O) groups excluding carboxylic acids is 2. The second-order valence-electron chi connectivity index (χ2n) is 13.9. The summed E-state index contributed by atoms with van der Waals surface area (Å²) in [5.41, 5.74) is 1.94. The maximum absolute atomic E-state index is 14.4.